The smallest absolute Gasteiger partial charge is 0.0655 e. The Balaban J connectivity index is 2.02. The Morgan fingerprint density at radius 3 is 2.92 bits per heavy atom. The second-order valence-electron chi connectivity index (χ2n) is 3.99. The standard InChI is InChI=1S/C9H15N3/c1-6-8-4-7(5-10)2-3-9(8)12-11-6/h6-9,11-12H,2-4H2,1H3. The van der Waals surface area contributed by atoms with Crippen LogP contribution in [-0.2, 0) is 0 Å². The number of hydrogen-bond donors (Lipinski definition) is 2. The maximum Gasteiger partial charge on any atom is 0.0655 e. The number of fused-ring (bicyclic) bond motifs is 1. The Morgan fingerprint density at radius 1 is 1.33 bits per heavy atom. The lowest BCUT2D eigenvalue weighted by atomic mass is 9.77. The first-order valence-corrected chi connectivity index (χ1v) is 4.72. The van der Waals surface area contributed by atoms with Gasteiger partial charge in [0.15, 0.2) is 0 Å². The number of nitrogens with one attached hydrogen (secondary N) is 2. The van der Waals surface area contributed by atoms with Crippen molar-refractivity contribution < 1.29 is 0 Å². The Hall–Kier alpha value is -0.590. The molecular weight excluding hydrogens is 150 g/mol. The average Bonchev–Trinajstić information content (AvgIpc) is 2.47. The minimum atomic E-state index is 0.301. The lowest BCUT2D eigenvalue weighted by Gasteiger charge is -2.28. The Kier molecular flexibility index (Phi) is 2.03. The van der Waals surface area contributed by atoms with Crippen molar-refractivity contribution in [1.82, 2.24) is 10.9 Å². The van der Waals surface area contributed by atoms with Crippen LogP contribution in [0.4, 0.5) is 0 Å². The summed E-state index contributed by atoms with van der Waals surface area (Å²) in [6.07, 6.45) is 3.29. The molecule has 2 fully saturated rings. The van der Waals surface area contributed by atoms with E-state index in [9.17, 15) is 0 Å². The van der Waals surface area contributed by atoms with Crippen LogP contribution in [0.25, 0.3) is 0 Å². The van der Waals surface area contributed by atoms with Gasteiger partial charge in [-0.3, -0.25) is 10.9 Å². The third kappa shape index (κ3) is 1.21. The van der Waals surface area contributed by atoms with Crippen molar-refractivity contribution >= 4 is 0 Å². The summed E-state index contributed by atoms with van der Waals surface area (Å²) < 4.78 is 0. The van der Waals surface area contributed by atoms with Crippen LogP contribution in [0.3, 0.4) is 0 Å². The number of hydrogen-bond acceptors (Lipinski definition) is 3. The van der Waals surface area contributed by atoms with Crippen molar-refractivity contribution in [2.24, 2.45) is 11.8 Å². The van der Waals surface area contributed by atoms with Gasteiger partial charge in [0.25, 0.3) is 0 Å². The normalized spacial score (nSPS) is 46.7. The molecule has 0 bridgehead atoms. The van der Waals surface area contributed by atoms with Gasteiger partial charge in [0.1, 0.15) is 0 Å². The molecule has 1 saturated heterocycles. The number of nitrogens with zero attached hydrogens (tertiary/aromatic N) is 1. The van der Waals surface area contributed by atoms with Crippen molar-refractivity contribution in [3.05, 3.63) is 0 Å². The van der Waals surface area contributed by atoms with Crippen LogP contribution in [0.5, 0.6) is 0 Å². The van der Waals surface area contributed by atoms with Crippen LogP contribution in [0.2, 0.25) is 0 Å². The fourth-order valence-electron chi connectivity index (χ4n) is 2.40. The third-order valence-electron chi connectivity index (χ3n) is 3.22. The van der Waals surface area contributed by atoms with Crippen LogP contribution < -0.4 is 10.9 Å². The monoisotopic (exact) mass is 165 g/mol. The first-order valence-electron chi connectivity index (χ1n) is 4.72. The molecule has 1 aliphatic carbocycles. The van der Waals surface area contributed by atoms with Crippen molar-refractivity contribution in [2.75, 3.05) is 0 Å². The van der Waals surface area contributed by atoms with Crippen LogP contribution in [-0.4, -0.2) is 12.1 Å². The maximum atomic E-state index is 8.81. The van der Waals surface area contributed by atoms with E-state index in [-0.39, 0.29) is 0 Å². The van der Waals surface area contributed by atoms with E-state index in [1.54, 1.807) is 0 Å². The topological polar surface area (TPSA) is 47.8 Å². The van der Waals surface area contributed by atoms with Crippen LogP contribution in [0.1, 0.15) is 26.2 Å². The molecule has 0 aromatic carbocycles. The van der Waals surface area contributed by atoms with Gasteiger partial charge in [-0.25, -0.2) is 0 Å². The average molecular weight is 165 g/mol. The first kappa shape index (κ1) is 8.03. The van der Waals surface area contributed by atoms with Crippen LogP contribution in [0, 0.1) is 23.2 Å². The van der Waals surface area contributed by atoms with Gasteiger partial charge in [0, 0.05) is 18.0 Å². The zero-order valence-corrected chi connectivity index (χ0v) is 7.38. The summed E-state index contributed by atoms with van der Waals surface area (Å²) in [6.45, 7) is 2.19. The highest BCUT2D eigenvalue weighted by Gasteiger charge is 2.37. The predicted octanol–water partition coefficient (Wildman–Crippen LogP) is 0.791. The van der Waals surface area contributed by atoms with Gasteiger partial charge in [-0.05, 0) is 32.1 Å². The minimum absolute atomic E-state index is 0.301. The summed E-state index contributed by atoms with van der Waals surface area (Å²) in [5, 5.41) is 8.81. The van der Waals surface area contributed by atoms with E-state index in [1.165, 1.54) is 0 Å². The lowest BCUT2D eigenvalue weighted by molar-refractivity contribution is 0.272. The van der Waals surface area contributed by atoms with Crippen molar-refractivity contribution in [2.45, 2.75) is 38.3 Å². The molecule has 66 valence electrons. The Morgan fingerprint density at radius 2 is 2.17 bits per heavy atom. The number of rotatable bonds is 0. The number of hydrazine groups is 1. The van der Waals surface area contributed by atoms with E-state index in [0.717, 1.165) is 19.3 Å². The highest BCUT2D eigenvalue weighted by molar-refractivity contribution is 4.98. The molecule has 0 aromatic rings. The second kappa shape index (κ2) is 3.04. The summed E-state index contributed by atoms with van der Waals surface area (Å²) >= 11 is 0. The van der Waals surface area contributed by atoms with E-state index in [1.807, 2.05) is 0 Å². The first-order chi connectivity index (χ1) is 5.81. The number of nitriles is 1. The quantitative estimate of drug-likeness (QED) is 0.558. The van der Waals surface area contributed by atoms with E-state index in [0.29, 0.717) is 23.9 Å². The molecule has 2 aliphatic rings. The highest BCUT2D eigenvalue weighted by atomic mass is 15.4. The summed E-state index contributed by atoms with van der Waals surface area (Å²) in [5.41, 5.74) is 6.54. The van der Waals surface area contributed by atoms with E-state index in [4.69, 9.17) is 5.26 Å². The van der Waals surface area contributed by atoms with Gasteiger partial charge in [-0.1, -0.05) is 0 Å². The SMILES string of the molecule is CC1NNC2CCC(C#N)CC12. The molecule has 3 nitrogen and oxygen atoms in total. The largest absolute Gasteiger partial charge is 0.254 e. The zero-order valence-electron chi connectivity index (χ0n) is 7.38. The molecule has 1 saturated carbocycles. The molecule has 0 aromatic heterocycles. The lowest BCUT2D eigenvalue weighted by Crippen LogP contribution is -2.34. The molecule has 3 heteroatoms. The van der Waals surface area contributed by atoms with Crippen LogP contribution in [0.15, 0.2) is 0 Å². The fourth-order valence-corrected chi connectivity index (χ4v) is 2.40. The van der Waals surface area contributed by atoms with Crippen molar-refractivity contribution in [3.8, 4) is 6.07 Å². The Labute approximate surface area is 73.1 Å². The van der Waals surface area contributed by atoms with Gasteiger partial charge < -0.3 is 0 Å². The molecule has 1 heterocycles. The van der Waals surface area contributed by atoms with Gasteiger partial charge in [0.2, 0.25) is 0 Å². The Bertz CT molecular complexity index is 208. The minimum Gasteiger partial charge on any atom is -0.254 e. The predicted molar refractivity (Wildman–Crippen MR) is 46.0 cm³/mol. The molecule has 2 N–H and O–H groups in total. The maximum absolute atomic E-state index is 8.81. The fraction of sp³-hybridized carbons (Fsp3) is 0.889. The van der Waals surface area contributed by atoms with Crippen molar-refractivity contribution in [3.63, 3.8) is 0 Å². The molecule has 12 heavy (non-hydrogen) atoms. The molecular formula is C9H15N3. The van der Waals surface area contributed by atoms with E-state index < -0.39 is 0 Å². The molecule has 0 radical (unpaired) electrons. The van der Waals surface area contributed by atoms with Gasteiger partial charge in [-0.2, -0.15) is 5.26 Å². The van der Waals surface area contributed by atoms with Gasteiger partial charge in [0.05, 0.1) is 6.07 Å². The zero-order chi connectivity index (χ0) is 8.55. The summed E-state index contributed by atoms with van der Waals surface area (Å²) in [6, 6.07) is 3.53. The molecule has 0 amide bonds. The molecule has 4 unspecified atom stereocenters. The summed E-state index contributed by atoms with van der Waals surface area (Å²) in [5.74, 6) is 0.971. The summed E-state index contributed by atoms with van der Waals surface area (Å²) in [4.78, 5) is 0. The highest BCUT2D eigenvalue weighted by Crippen LogP contribution is 2.33. The van der Waals surface area contributed by atoms with Gasteiger partial charge in [-0.15, -0.1) is 0 Å². The van der Waals surface area contributed by atoms with E-state index >= 15 is 0 Å². The molecule has 0 spiro atoms. The molecule has 4 atom stereocenters. The molecule has 2 rings (SSSR count). The van der Waals surface area contributed by atoms with E-state index in [2.05, 4.69) is 23.8 Å². The molecule has 1 aliphatic heterocycles. The third-order valence-corrected chi connectivity index (χ3v) is 3.22. The van der Waals surface area contributed by atoms with Crippen LogP contribution >= 0.6 is 0 Å². The van der Waals surface area contributed by atoms with Gasteiger partial charge >= 0.3 is 0 Å². The summed E-state index contributed by atoms with van der Waals surface area (Å²) in [7, 11) is 0. The van der Waals surface area contributed by atoms with Crippen molar-refractivity contribution in [1.29, 1.82) is 5.26 Å². The second-order valence-corrected chi connectivity index (χ2v) is 3.99.